The van der Waals surface area contributed by atoms with Crippen molar-refractivity contribution in [2.45, 2.75) is 49.5 Å². The van der Waals surface area contributed by atoms with Gasteiger partial charge in [0, 0.05) is 30.4 Å². The molecule has 2 N–H and O–H groups in total. The lowest BCUT2D eigenvalue weighted by Gasteiger charge is -2.39. The van der Waals surface area contributed by atoms with Gasteiger partial charge in [-0.05, 0) is 43.7 Å². The van der Waals surface area contributed by atoms with Crippen LogP contribution in [0.5, 0.6) is 0 Å². The van der Waals surface area contributed by atoms with Crippen LogP contribution < -0.4 is 10.6 Å². The maximum absolute atomic E-state index is 12.5. The first-order chi connectivity index (χ1) is 13.2. The van der Waals surface area contributed by atoms with Crippen LogP contribution in [0.1, 0.15) is 37.7 Å². The fourth-order valence-electron chi connectivity index (χ4n) is 4.09. The molecule has 0 bridgehead atoms. The SMILES string of the molecule is O=C1NC2CC(C(=O)NCC3CCCO3)CCC2S/C1=C\c1ccccc1. The van der Waals surface area contributed by atoms with Crippen molar-refractivity contribution < 1.29 is 14.3 Å². The highest BCUT2D eigenvalue weighted by atomic mass is 32.2. The van der Waals surface area contributed by atoms with Crippen molar-refractivity contribution in [2.24, 2.45) is 5.92 Å². The molecule has 4 rings (SSSR count). The molecule has 6 heteroatoms. The van der Waals surface area contributed by atoms with Gasteiger partial charge in [0.2, 0.25) is 5.91 Å². The Kier molecular flexibility index (Phi) is 5.83. The summed E-state index contributed by atoms with van der Waals surface area (Å²) in [7, 11) is 0. The number of thioether (sulfide) groups is 1. The maximum Gasteiger partial charge on any atom is 0.257 e. The standard InChI is InChI=1S/C21H26N2O3S/c24-20(22-13-16-7-4-10-26-16)15-8-9-18-17(12-15)23-21(25)19(27-18)11-14-5-2-1-3-6-14/h1-3,5-6,11,15-18H,4,7-10,12-13H2,(H,22,24)(H,23,25)/b19-11-. The van der Waals surface area contributed by atoms with Gasteiger partial charge >= 0.3 is 0 Å². The van der Waals surface area contributed by atoms with E-state index in [1.807, 2.05) is 36.4 Å². The van der Waals surface area contributed by atoms with Gasteiger partial charge in [0.25, 0.3) is 5.91 Å². The molecule has 2 amide bonds. The molecule has 3 fully saturated rings. The van der Waals surface area contributed by atoms with Crippen molar-refractivity contribution in [3.63, 3.8) is 0 Å². The Hall–Kier alpha value is -1.79. The van der Waals surface area contributed by atoms with E-state index < -0.39 is 0 Å². The molecule has 1 aromatic carbocycles. The molecule has 5 nitrogen and oxygen atoms in total. The van der Waals surface area contributed by atoms with Gasteiger partial charge in [-0.2, -0.15) is 0 Å². The lowest BCUT2D eigenvalue weighted by Crippen LogP contribution is -2.52. The maximum atomic E-state index is 12.5. The normalized spacial score (nSPS) is 32.0. The molecule has 1 aromatic rings. The van der Waals surface area contributed by atoms with Gasteiger partial charge in [0.1, 0.15) is 0 Å². The van der Waals surface area contributed by atoms with Crippen LogP contribution in [0.3, 0.4) is 0 Å². The Balaban J connectivity index is 1.33. The molecule has 1 aliphatic carbocycles. The fourth-order valence-corrected chi connectivity index (χ4v) is 5.39. The van der Waals surface area contributed by atoms with Crippen LogP contribution in [0.15, 0.2) is 35.2 Å². The average Bonchev–Trinajstić information content (AvgIpc) is 3.21. The highest BCUT2D eigenvalue weighted by molar-refractivity contribution is 8.04. The topological polar surface area (TPSA) is 67.4 Å². The predicted molar refractivity (Wildman–Crippen MR) is 107 cm³/mol. The Morgan fingerprint density at radius 1 is 1.26 bits per heavy atom. The molecule has 0 aromatic heterocycles. The van der Waals surface area contributed by atoms with E-state index >= 15 is 0 Å². The summed E-state index contributed by atoms with van der Waals surface area (Å²) >= 11 is 1.66. The Labute approximate surface area is 164 Å². The Morgan fingerprint density at radius 3 is 2.89 bits per heavy atom. The third kappa shape index (κ3) is 4.55. The monoisotopic (exact) mass is 386 g/mol. The number of benzene rings is 1. The first kappa shape index (κ1) is 18.6. The largest absolute Gasteiger partial charge is 0.376 e. The Morgan fingerprint density at radius 2 is 2.11 bits per heavy atom. The minimum Gasteiger partial charge on any atom is -0.376 e. The number of ether oxygens (including phenoxy) is 1. The number of carbonyl (C=O) groups is 2. The molecule has 27 heavy (non-hydrogen) atoms. The molecule has 144 valence electrons. The van der Waals surface area contributed by atoms with Crippen LogP contribution in [0.4, 0.5) is 0 Å². The van der Waals surface area contributed by atoms with Crippen LogP contribution >= 0.6 is 11.8 Å². The third-order valence-corrected chi connectivity index (χ3v) is 7.03. The summed E-state index contributed by atoms with van der Waals surface area (Å²) in [5.74, 6) is 0.0625. The molecule has 4 atom stereocenters. The zero-order valence-corrected chi connectivity index (χ0v) is 16.2. The number of hydrogen-bond acceptors (Lipinski definition) is 4. The van der Waals surface area contributed by atoms with Crippen molar-refractivity contribution in [1.82, 2.24) is 10.6 Å². The first-order valence-electron chi connectivity index (χ1n) is 9.82. The van der Waals surface area contributed by atoms with Crippen molar-refractivity contribution in [3.8, 4) is 0 Å². The second kappa shape index (κ2) is 8.48. The van der Waals surface area contributed by atoms with E-state index in [-0.39, 0.29) is 29.9 Å². The molecule has 0 spiro atoms. The van der Waals surface area contributed by atoms with E-state index in [1.54, 1.807) is 11.8 Å². The highest BCUT2D eigenvalue weighted by Gasteiger charge is 2.39. The number of hydrogen-bond donors (Lipinski definition) is 2. The molecule has 0 radical (unpaired) electrons. The van der Waals surface area contributed by atoms with Crippen LogP contribution in [0.2, 0.25) is 0 Å². The summed E-state index contributed by atoms with van der Waals surface area (Å²) in [5, 5.41) is 6.53. The molecular formula is C21H26N2O3S. The lowest BCUT2D eigenvalue weighted by molar-refractivity contribution is -0.127. The van der Waals surface area contributed by atoms with Crippen molar-refractivity contribution >= 4 is 29.7 Å². The van der Waals surface area contributed by atoms with Gasteiger partial charge in [-0.3, -0.25) is 9.59 Å². The Bertz CT molecular complexity index is 715. The second-order valence-corrected chi connectivity index (χ2v) is 8.83. The van der Waals surface area contributed by atoms with Crippen LogP contribution in [0, 0.1) is 5.92 Å². The second-order valence-electron chi connectivity index (χ2n) is 7.55. The van der Waals surface area contributed by atoms with Crippen molar-refractivity contribution in [1.29, 1.82) is 0 Å². The molecule has 2 saturated heterocycles. The van der Waals surface area contributed by atoms with Crippen LogP contribution in [-0.4, -0.2) is 42.4 Å². The smallest absolute Gasteiger partial charge is 0.257 e. The van der Waals surface area contributed by atoms with Gasteiger partial charge in [-0.15, -0.1) is 11.8 Å². The minimum absolute atomic E-state index is 0.0202. The molecule has 3 aliphatic rings. The van der Waals surface area contributed by atoms with Gasteiger partial charge < -0.3 is 15.4 Å². The predicted octanol–water partition coefficient (Wildman–Crippen LogP) is 2.72. The zero-order chi connectivity index (χ0) is 18.6. The zero-order valence-electron chi connectivity index (χ0n) is 15.4. The van der Waals surface area contributed by atoms with Crippen molar-refractivity contribution in [3.05, 3.63) is 40.8 Å². The van der Waals surface area contributed by atoms with Gasteiger partial charge in [0.15, 0.2) is 0 Å². The summed E-state index contributed by atoms with van der Waals surface area (Å²) in [4.78, 5) is 25.8. The number of fused-ring (bicyclic) bond motifs is 1. The van der Waals surface area contributed by atoms with Crippen molar-refractivity contribution in [2.75, 3.05) is 13.2 Å². The number of nitrogens with one attached hydrogen (secondary N) is 2. The summed E-state index contributed by atoms with van der Waals surface area (Å²) < 4.78 is 5.57. The van der Waals surface area contributed by atoms with E-state index in [0.717, 1.165) is 49.2 Å². The number of carbonyl (C=O) groups excluding carboxylic acids is 2. The molecule has 2 heterocycles. The number of amides is 2. The van der Waals surface area contributed by atoms with E-state index in [4.69, 9.17) is 4.74 Å². The van der Waals surface area contributed by atoms with E-state index in [0.29, 0.717) is 11.8 Å². The molecule has 2 aliphatic heterocycles. The van der Waals surface area contributed by atoms with Gasteiger partial charge in [-0.1, -0.05) is 30.3 Å². The van der Waals surface area contributed by atoms with Crippen LogP contribution in [0.25, 0.3) is 6.08 Å². The van der Waals surface area contributed by atoms with E-state index in [2.05, 4.69) is 10.6 Å². The number of rotatable bonds is 4. The lowest BCUT2D eigenvalue weighted by atomic mass is 9.84. The third-order valence-electron chi connectivity index (χ3n) is 5.60. The highest BCUT2D eigenvalue weighted by Crippen LogP contribution is 2.39. The van der Waals surface area contributed by atoms with Gasteiger partial charge in [-0.25, -0.2) is 0 Å². The summed E-state index contributed by atoms with van der Waals surface area (Å²) in [6.07, 6.45) is 6.77. The summed E-state index contributed by atoms with van der Waals surface area (Å²) in [6, 6.07) is 9.99. The quantitative estimate of drug-likeness (QED) is 0.781. The summed E-state index contributed by atoms with van der Waals surface area (Å²) in [6.45, 7) is 1.41. The summed E-state index contributed by atoms with van der Waals surface area (Å²) in [5.41, 5.74) is 1.04. The van der Waals surface area contributed by atoms with Crippen LogP contribution in [-0.2, 0) is 14.3 Å². The van der Waals surface area contributed by atoms with E-state index in [1.165, 1.54) is 0 Å². The minimum atomic E-state index is -0.0227. The fraction of sp³-hybridized carbons (Fsp3) is 0.524. The molecule has 1 saturated carbocycles. The van der Waals surface area contributed by atoms with Gasteiger partial charge in [0.05, 0.1) is 11.0 Å². The van der Waals surface area contributed by atoms with E-state index in [9.17, 15) is 9.59 Å². The molecule has 4 unspecified atom stereocenters. The molecular weight excluding hydrogens is 360 g/mol. The average molecular weight is 387 g/mol. The first-order valence-corrected chi connectivity index (χ1v) is 10.7.